The third-order valence-corrected chi connectivity index (χ3v) is 6.73. The van der Waals surface area contributed by atoms with E-state index in [4.69, 9.17) is 15.9 Å². The molecule has 2 heterocycles. The van der Waals surface area contributed by atoms with Crippen LogP contribution in [0.15, 0.2) is 91.1 Å². The Morgan fingerprint density at radius 2 is 1.56 bits per heavy atom. The van der Waals surface area contributed by atoms with Crippen LogP contribution in [0.25, 0.3) is 22.0 Å². The second-order valence-electron chi connectivity index (χ2n) is 9.48. The van der Waals surface area contributed by atoms with Crippen LogP contribution in [-0.4, -0.2) is 51.7 Å². The first kappa shape index (κ1) is 28.8. The Kier molecular flexibility index (Phi) is 9.28. The number of hydrogen-bond donors (Lipinski definition) is 6. The van der Waals surface area contributed by atoms with Gasteiger partial charge in [-0.3, -0.25) is 10.1 Å². The fraction of sp³-hybridized carbons (Fsp3) is 0.161. The van der Waals surface area contributed by atoms with Crippen LogP contribution in [0.5, 0.6) is 0 Å². The van der Waals surface area contributed by atoms with Crippen LogP contribution in [-0.2, 0) is 27.2 Å². The first-order chi connectivity index (χ1) is 19.7. The predicted molar refractivity (Wildman–Crippen MR) is 154 cm³/mol. The molecule has 0 spiro atoms. The number of carboxylic acid groups (broad SMARTS) is 2. The molecule has 10 heteroatoms. The average Bonchev–Trinajstić information content (AvgIpc) is 3.53. The molecule has 0 saturated carbocycles. The molecule has 0 bridgehead atoms. The molecule has 210 valence electrons. The number of aromatic nitrogens is 1. The number of nitrogens with one attached hydrogen (secondary N) is 3. The second-order valence-corrected chi connectivity index (χ2v) is 9.48. The Balaban J connectivity index is 0.000000426. The van der Waals surface area contributed by atoms with E-state index in [9.17, 15) is 19.2 Å². The van der Waals surface area contributed by atoms with Crippen molar-refractivity contribution in [3.8, 4) is 11.1 Å². The second kappa shape index (κ2) is 13.2. The molecule has 1 aliphatic heterocycles. The minimum absolute atomic E-state index is 0.205. The normalized spacial score (nSPS) is 15.2. The molecule has 10 nitrogen and oxygen atoms in total. The maximum atomic E-state index is 12.6. The number of H-pyrrole nitrogens is 1. The Morgan fingerprint density at radius 3 is 2.15 bits per heavy atom. The molecule has 3 amide bonds. The Morgan fingerprint density at radius 1 is 0.902 bits per heavy atom. The van der Waals surface area contributed by atoms with Crippen molar-refractivity contribution in [2.75, 3.05) is 6.54 Å². The van der Waals surface area contributed by atoms with E-state index in [0.717, 1.165) is 45.1 Å². The lowest BCUT2D eigenvalue weighted by Gasteiger charge is -2.23. The highest BCUT2D eigenvalue weighted by Gasteiger charge is 2.37. The van der Waals surface area contributed by atoms with E-state index >= 15 is 0 Å². The summed E-state index contributed by atoms with van der Waals surface area (Å²) in [5.74, 6) is -3.01. The molecular weight excluding hydrogens is 524 g/mol. The van der Waals surface area contributed by atoms with Crippen LogP contribution in [0.1, 0.15) is 22.6 Å². The van der Waals surface area contributed by atoms with E-state index in [1.165, 1.54) is 0 Å². The summed E-state index contributed by atoms with van der Waals surface area (Å²) in [4.78, 5) is 46.9. The summed E-state index contributed by atoms with van der Waals surface area (Å²) in [5, 5.41) is 21.9. The maximum Gasteiger partial charge on any atom is 0.328 e. The van der Waals surface area contributed by atoms with Crippen LogP contribution >= 0.6 is 0 Å². The molecule has 0 aliphatic carbocycles. The van der Waals surface area contributed by atoms with Crippen molar-refractivity contribution in [3.05, 3.63) is 108 Å². The molecule has 2 unspecified atom stereocenters. The van der Waals surface area contributed by atoms with Gasteiger partial charge in [0.2, 0.25) is 0 Å². The molecule has 2 atom stereocenters. The smallest absolute Gasteiger partial charge is 0.328 e. The van der Waals surface area contributed by atoms with Gasteiger partial charge in [0, 0.05) is 35.2 Å². The zero-order valence-electron chi connectivity index (χ0n) is 22.0. The summed E-state index contributed by atoms with van der Waals surface area (Å²) in [6.07, 6.45) is 4.50. The van der Waals surface area contributed by atoms with Crippen molar-refractivity contribution in [2.45, 2.75) is 24.8 Å². The third-order valence-electron chi connectivity index (χ3n) is 6.73. The summed E-state index contributed by atoms with van der Waals surface area (Å²) in [5.41, 5.74) is 12.4. The van der Waals surface area contributed by atoms with Gasteiger partial charge in [-0.1, -0.05) is 60.7 Å². The number of nitrogens with two attached hydrogens (primary N) is 1. The summed E-state index contributed by atoms with van der Waals surface area (Å²) < 4.78 is 0. The minimum atomic E-state index is -1.26. The van der Waals surface area contributed by atoms with E-state index in [0.29, 0.717) is 25.1 Å². The van der Waals surface area contributed by atoms with E-state index in [2.05, 4.69) is 58.1 Å². The number of urea groups is 1. The lowest BCUT2D eigenvalue weighted by Crippen LogP contribution is -2.36. The zero-order valence-corrected chi connectivity index (χ0v) is 22.0. The number of carbonyl (C=O) groups excluding carboxylic acids is 2. The van der Waals surface area contributed by atoms with Gasteiger partial charge in [-0.2, -0.15) is 0 Å². The number of carboxylic acids is 2. The summed E-state index contributed by atoms with van der Waals surface area (Å²) in [7, 11) is 0. The average molecular weight is 555 g/mol. The first-order valence-corrected chi connectivity index (χ1v) is 12.9. The van der Waals surface area contributed by atoms with Crippen molar-refractivity contribution in [3.63, 3.8) is 0 Å². The van der Waals surface area contributed by atoms with Gasteiger partial charge in [0.15, 0.2) is 0 Å². The number of hydrogen-bond acceptors (Lipinski definition) is 5. The van der Waals surface area contributed by atoms with Gasteiger partial charge in [-0.15, -0.1) is 0 Å². The molecule has 41 heavy (non-hydrogen) atoms. The van der Waals surface area contributed by atoms with Crippen LogP contribution in [0.3, 0.4) is 0 Å². The number of imide groups is 1. The first-order valence-electron chi connectivity index (χ1n) is 12.9. The molecule has 4 aromatic rings. The number of benzene rings is 3. The van der Waals surface area contributed by atoms with E-state index in [1.807, 2.05) is 36.5 Å². The van der Waals surface area contributed by atoms with Crippen molar-refractivity contribution in [2.24, 2.45) is 5.73 Å². The quantitative estimate of drug-likeness (QED) is 0.135. The van der Waals surface area contributed by atoms with Gasteiger partial charge in [0.25, 0.3) is 5.91 Å². The Hall–Kier alpha value is -5.22. The summed E-state index contributed by atoms with van der Waals surface area (Å²) >= 11 is 0. The molecular formula is C31H30N4O6. The SMILES string of the molecule is NCCc1c[nH]c2ccc(C(Cc3ccc(-c4ccccc4)cc3)C3NC(=O)NC3=O)cc12.O=C(O)C=CC(=O)O. The fourth-order valence-corrected chi connectivity index (χ4v) is 4.79. The van der Waals surface area contributed by atoms with Crippen LogP contribution in [0.2, 0.25) is 0 Å². The number of aromatic amines is 1. The summed E-state index contributed by atoms with van der Waals surface area (Å²) in [6, 6.07) is 23.7. The highest BCUT2D eigenvalue weighted by Crippen LogP contribution is 2.31. The molecule has 3 aromatic carbocycles. The maximum absolute atomic E-state index is 12.6. The van der Waals surface area contributed by atoms with Gasteiger partial charge in [-0.05, 0) is 59.3 Å². The van der Waals surface area contributed by atoms with E-state index in [1.54, 1.807) is 0 Å². The van der Waals surface area contributed by atoms with Gasteiger partial charge >= 0.3 is 18.0 Å². The number of carbonyl (C=O) groups is 4. The number of fused-ring (bicyclic) bond motifs is 1. The number of aliphatic carboxylic acids is 2. The van der Waals surface area contributed by atoms with Gasteiger partial charge in [-0.25, -0.2) is 14.4 Å². The topological polar surface area (TPSA) is 175 Å². The van der Waals surface area contributed by atoms with Crippen molar-refractivity contribution in [1.29, 1.82) is 0 Å². The minimum Gasteiger partial charge on any atom is -0.478 e. The lowest BCUT2D eigenvalue weighted by molar-refractivity contribution is -0.134. The predicted octanol–water partition coefficient (Wildman–Crippen LogP) is 3.58. The standard InChI is InChI=1S/C27H26N4O2.C4H4O4/c28-13-12-21-16-29-24-11-10-20(15-22(21)24)23(25-26(32)31-27(33)30-25)14-17-6-8-19(9-7-17)18-4-2-1-3-5-18;5-3(6)1-2-4(7)8/h1-11,15-16,23,25,29H,12-14,28H2,(H2,30,31,32,33);1-2H,(H,5,6)(H,7,8). The van der Waals surface area contributed by atoms with Crippen molar-refractivity contribution < 1.29 is 29.4 Å². The third kappa shape index (κ3) is 7.46. The van der Waals surface area contributed by atoms with Crippen LogP contribution in [0, 0.1) is 0 Å². The fourth-order valence-electron chi connectivity index (χ4n) is 4.79. The molecule has 1 fully saturated rings. The molecule has 7 N–H and O–H groups in total. The lowest BCUT2D eigenvalue weighted by atomic mass is 9.84. The van der Waals surface area contributed by atoms with Crippen LogP contribution < -0.4 is 16.4 Å². The van der Waals surface area contributed by atoms with Crippen LogP contribution in [0.4, 0.5) is 4.79 Å². The highest BCUT2D eigenvalue weighted by atomic mass is 16.4. The zero-order chi connectivity index (χ0) is 29.4. The van der Waals surface area contributed by atoms with Gasteiger partial charge in [0.1, 0.15) is 6.04 Å². The van der Waals surface area contributed by atoms with Crippen molar-refractivity contribution >= 4 is 34.8 Å². The van der Waals surface area contributed by atoms with E-state index < -0.39 is 24.0 Å². The highest BCUT2D eigenvalue weighted by molar-refractivity contribution is 6.04. The molecule has 0 radical (unpaired) electrons. The monoisotopic (exact) mass is 554 g/mol. The van der Waals surface area contributed by atoms with Gasteiger partial charge in [0.05, 0.1) is 0 Å². The number of rotatable bonds is 9. The van der Waals surface area contributed by atoms with Gasteiger partial charge < -0.3 is 26.2 Å². The molecule has 1 aliphatic rings. The summed E-state index contributed by atoms with van der Waals surface area (Å²) in [6.45, 7) is 0.565. The van der Waals surface area contributed by atoms with Crippen molar-refractivity contribution in [1.82, 2.24) is 15.6 Å². The number of amides is 3. The Labute approximate surface area is 235 Å². The molecule has 1 aromatic heterocycles. The largest absolute Gasteiger partial charge is 0.478 e. The molecule has 5 rings (SSSR count). The van der Waals surface area contributed by atoms with E-state index in [-0.39, 0.29) is 11.8 Å². The molecule has 1 saturated heterocycles. The Bertz CT molecular complexity index is 1560.